The van der Waals surface area contributed by atoms with Gasteiger partial charge in [-0.2, -0.15) is 0 Å². The summed E-state index contributed by atoms with van der Waals surface area (Å²) in [5.74, 6) is 1.38. The summed E-state index contributed by atoms with van der Waals surface area (Å²) in [6.07, 6.45) is 12.3. The Morgan fingerprint density at radius 2 is 1.07 bits per heavy atom. The Morgan fingerprint density at radius 1 is 0.603 bits per heavy atom. The fourth-order valence-electron chi connectivity index (χ4n) is 8.80. The zero-order chi connectivity index (χ0) is 51.8. The number of thiazole rings is 3. The predicted molar refractivity (Wildman–Crippen MR) is 279 cm³/mol. The van der Waals surface area contributed by atoms with E-state index in [1.807, 2.05) is 13.8 Å². The molecule has 0 bridgehead atoms. The van der Waals surface area contributed by atoms with Crippen LogP contribution in [-0.2, 0) is 23.7 Å². The molecule has 11 rings (SSSR count). The van der Waals surface area contributed by atoms with Crippen molar-refractivity contribution in [1.82, 2.24) is 62.7 Å². The lowest BCUT2D eigenvalue weighted by atomic mass is 10.1. The summed E-state index contributed by atoms with van der Waals surface area (Å²) in [6, 6.07) is 0. The Kier molecular flexibility index (Phi) is 15.4. The second kappa shape index (κ2) is 21.7. The van der Waals surface area contributed by atoms with Crippen molar-refractivity contribution in [1.29, 1.82) is 0 Å². The number of nitrogens with zero attached hydrogens (tertiary/aromatic N) is 10. The maximum Gasteiger partial charge on any atom is 0.311 e. The van der Waals surface area contributed by atoms with Crippen LogP contribution in [0.4, 0.5) is 0 Å². The van der Waals surface area contributed by atoms with Gasteiger partial charge in [0.1, 0.15) is 68.9 Å². The highest BCUT2D eigenvalue weighted by molar-refractivity contribution is 7.80. The maximum atomic E-state index is 12.6. The third-order valence-electron chi connectivity index (χ3n) is 12.3. The van der Waals surface area contributed by atoms with E-state index in [0.717, 1.165) is 59.7 Å². The third-order valence-corrected chi connectivity index (χ3v) is 15.7. The highest BCUT2D eigenvalue weighted by atomic mass is 32.1. The molecule has 3 N–H and O–H groups in total. The summed E-state index contributed by atoms with van der Waals surface area (Å²) in [7, 11) is 0. The first-order valence-electron chi connectivity index (χ1n) is 23.3. The third kappa shape index (κ3) is 10.6. The van der Waals surface area contributed by atoms with Crippen LogP contribution < -0.4 is 31.3 Å². The van der Waals surface area contributed by atoms with Crippen LogP contribution in [-0.4, -0.2) is 104 Å². The Labute approximate surface area is 434 Å². The van der Waals surface area contributed by atoms with E-state index in [2.05, 4.69) is 46.8 Å². The van der Waals surface area contributed by atoms with Crippen LogP contribution >= 0.6 is 58.4 Å². The average molecular weight is 1100 g/mol. The number of rotatable bonds is 8. The minimum atomic E-state index is -0.716. The van der Waals surface area contributed by atoms with E-state index in [1.165, 1.54) is 13.7 Å². The smallest absolute Gasteiger partial charge is 0.311 e. The van der Waals surface area contributed by atoms with Gasteiger partial charge in [-0.15, -0.1) is 0 Å². The van der Waals surface area contributed by atoms with Gasteiger partial charge in [0.15, 0.2) is 23.2 Å². The first kappa shape index (κ1) is 51.7. The Morgan fingerprint density at radius 3 is 1.52 bits per heavy atom. The molecule has 3 aliphatic heterocycles. The molecule has 24 nitrogen and oxygen atoms in total. The molecule has 3 aliphatic rings. The van der Waals surface area contributed by atoms with Crippen molar-refractivity contribution in [3.8, 4) is 0 Å². The van der Waals surface area contributed by atoms with Crippen LogP contribution in [0.25, 0.3) is 31.0 Å². The maximum absolute atomic E-state index is 12.6. The summed E-state index contributed by atoms with van der Waals surface area (Å²) in [4.78, 5) is 101. The van der Waals surface area contributed by atoms with E-state index in [0.29, 0.717) is 63.1 Å². The number of hydrogen-bond donors (Lipinski definition) is 3. The number of aromatic nitrogens is 13. The van der Waals surface area contributed by atoms with Gasteiger partial charge in [0, 0.05) is 37.6 Å². The number of hydrogen-bond acceptors (Lipinski definition) is 21. The van der Waals surface area contributed by atoms with E-state index in [9.17, 15) is 28.8 Å². The number of imidazole rings is 2. The van der Waals surface area contributed by atoms with E-state index in [1.54, 1.807) is 67.3 Å². The van der Waals surface area contributed by atoms with Gasteiger partial charge in [-0.25, -0.2) is 24.9 Å². The van der Waals surface area contributed by atoms with Crippen molar-refractivity contribution in [2.45, 2.75) is 136 Å². The number of nitrogens with one attached hydrogen (secondary N) is 3. The molecule has 73 heavy (non-hydrogen) atoms. The van der Waals surface area contributed by atoms with Crippen LogP contribution in [0, 0.1) is 20.8 Å². The molecule has 8 aromatic rings. The van der Waals surface area contributed by atoms with Crippen molar-refractivity contribution in [2.24, 2.45) is 0 Å². The topological polar surface area (TPSA) is 285 Å². The summed E-state index contributed by atoms with van der Waals surface area (Å²) in [5.41, 5.74) is 0.165. The van der Waals surface area contributed by atoms with Crippen LogP contribution in [0.5, 0.6) is 0 Å². The molecule has 3 unspecified atom stereocenters. The Bertz CT molecular complexity index is 3680. The fourth-order valence-corrected chi connectivity index (χ4v) is 11.8. The standard InChI is InChI=1S/2C16H17N5O4S2.C12H15N3O3S/c1-3-9-10(25-16(26)20-5-4-17-7-20)6-11(24-9)21-13-12(27-15(21)23)14(22)19-8(2)18-13;1-3-9-6-10(25-16(26)20-5-4-17-7-20)14(24-9)21-12-11(27-15(21)23)13(22)19-8(2)18-12;1-3-7-4-5-8(18-7)15-10-9(19-12(15)17)11(16)14-6(2)13-10/h4-5,7,9-11H,3,6H2,1-2H3,(H,18,19,22);4-5,7,9-10,14H,3,6H2,1-2H3,(H,18,19,22);7-8H,3-5H2,1-2H3,(H,13,14,16)/t9-,10+,11?;9-,10-,14?;7-,8?/m111/s1. The molecule has 0 saturated carbocycles. The summed E-state index contributed by atoms with van der Waals surface area (Å²) >= 11 is 13.3. The molecule has 8 atom stereocenters. The van der Waals surface area contributed by atoms with Gasteiger partial charge in [0.05, 0.1) is 18.3 Å². The average Bonchev–Trinajstić information content (AvgIpc) is 4.21. The number of fused-ring (bicyclic) bond motifs is 3. The van der Waals surface area contributed by atoms with Crippen LogP contribution in [0.3, 0.4) is 0 Å². The highest BCUT2D eigenvalue weighted by Crippen LogP contribution is 2.36. The van der Waals surface area contributed by atoms with E-state index in [-0.39, 0.29) is 77.0 Å². The Balaban J connectivity index is 0.000000137. The van der Waals surface area contributed by atoms with Crippen molar-refractivity contribution in [2.75, 3.05) is 0 Å². The minimum Gasteiger partial charge on any atom is -0.464 e. The van der Waals surface area contributed by atoms with E-state index in [4.69, 9.17) is 48.1 Å². The van der Waals surface area contributed by atoms with Gasteiger partial charge in [-0.05, 0) is 77.3 Å². The molecular formula is C44H49N13O11S5. The molecule has 0 amide bonds. The predicted octanol–water partition coefficient (Wildman–Crippen LogP) is 4.68. The van der Waals surface area contributed by atoms with Gasteiger partial charge in [0.25, 0.3) is 27.0 Å². The molecule has 29 heteroatoms. The Hall–Kier alpha value is -6.21. The molecule has 3 fully saturated rings. The fraction of sp³-hybridized carbons (Fsp3) is 0.477. The largest absolute Gasteiger partial charge is 0.464 e. The first-order chi connectivity index (χ1) is 35.0. The second-order valence-corrected chi connectivity index (χ2v) is 20.8. The lowest BCUT2D eigenvalue weighted by Crippen LogP contribution is -2.31. The van der Waals surface area contributed by atoms with Gasteiger partial charge >= 0.3 is 14.6 Å². The van der Waals surface area contributed by atoms with Gasteiger partial charge in [-0.3, -0.25) is 51.6 Å². The molecule has 0 aliphatic carbocycles. The summed E-state index contributed by atoms with van der Waals surface area (Å²) < 4.78 is 38.3. The first-order valence-corrected chi connectivity index (χ1v) is 26.5. The van der Waals surface area contributed by atoms with Crippen molar-refractivity contribution >= 4 is 99.8 Å². The normalized spacial score (nSPS) is 22.6. The molecule has 0 radical (unpaired) electrons. The number of aryl methyl sites for hydroxylation is 3. The van der Waals surface area contributed by atoms with E-state index < -0.39 is 18.6 Å². The number of ether oxygens (including phenoxy) is 5. The zero-order valence-electron chi connectivity index (χ0n) is 40.0. The molecule has 8 aromatic heterocycles. The molecule has 386 valence electrons. The summed E-state index contributed by atoms with van der Waals surface area (Å²) in [5, 5.41) is 0.491. The summed E-state index contributed by atoms with van der Waals surface area (Å²) in [6.45, 7) is 11.1. The molecule has 3 saturated heterocycles. The zero-order valence-corrected chi connectivity index (χ0v) is 44.1. The molecular weight excluding hydrogens is 1050 g/mol. The van der Waals surface area contributed by atoms with Crippen molar-refractivity contribution in [3.63, 3.8) is 0 Å². The quantitative estimate of drug-likeness (QED) is 0.174. The van der Waals surface area contributed by atoms with Crippen molar-refractivity contribution in [3.05, 3.63) is 115 Å². The van der Waals surface area contributed by atoms with Crippen LogP contribution in [0.1, 0.15) is 102 Å². The van der Waals surface area contributed by atoms with Crippen molar-refractivity contribution < 1.29 is 23.7 Å². The lowest BCUT2D eigenvalue weighted by Gasteiger charge is -2.21. The van der Waals surface area contributed by atoms with Crippen LogP contribution in [0.15, 0.2) is 66.2 Å². The lowest BCUT2D eigenvalue weighted by molar-refractivity contribution is -0.0329. The van der Waals surface area contributed by atoms with Crippen LogP contribution in [0.2, 0.25) is 0 Å². The molecule has 11 heterocycles. The number of H-pyrrole nitrogens is 3. The van der Waals surface area contributed by atoms with Gasteiger partial charge < -0.3 is 38.6 Å². The minimum absolute atomic E-state index is 0.0875. The molecule has 0 spiro atoms. The monoisotopic (exact) mass is 1100 g/mol. The SMILES string of the molecule is CC[C@@H]1CCC(n2c(=O)sc3c(=O)[nH]c(C)nc32)O1.CC[C@@H]1C[C@@H](OC(=S)n2ccnc2)C(n2c(=O)sc3c(=O)[nH]c(C)nc32)O1.CC[C@H]1OC(n2c(=O)sc3c(=O)[nH]c(C)nc32)C[C@@H]1OC(=S)n1ccnc1. The van der Waals surface area contributed by atoms with Gasteiger partial charge in [0.2, 0.25) is 0 Å². The van der Waals surface area contributed by atoms with E-state index >= 15 is 0 Å². The van der Waals surface area contributed by atoms with Gasteiger partial charge in [-0.1, -0.05) is 54.8 Å². The highest BCUT2D eigenvalue weighted by Gasteiger charge is 2.41. The second-order valence-electron chi connectivity index (χ2n) is 17.2. The molecule has 0 aromatic carbocycles. The number of aromatic amines is 3. The number of thiocarbonyl (C=S) groups is 2.